The molecule has 0 aliphatic rings. The maximum atomic E-state index is 12.4. The molecule has 0 atom stereocenters. The van der Waals surface area contributed by atoms with E-state index in [4.69, 9.17) is 10.6 Å². The van der Waals surface area contributed by atoms with Crippen molar-refractivity contribution in [1.82, 2.24) is 0 Å². The van der Waals surface area contributed by atoms with E-state index in [2.05, 4.69) is 6.92 Å². The minimum atomic E-state index is -0.246. The summed E-state index contributed by atoms with van der Waals surface area (Å²) in [6, 6.07) is 14.6. The van der Waals surface area contributed by atoms with Gasteiger partial charge in [-0.15, -0.1) is 0 Å². The average molecular weight is 298 g/mol. The van der Waals surface area contributed by atoms with E-state index in [1.165, 1.54) is 0 Å². The molecule has 2 aromatic carbocycles. The Labute approximate surface area is 131 Å². The molecular weight excluding hydrogens is 276 g/mol. The second kappa shape index (κ2) is 7.61. The Morgan fingerprint density at radius 1 is 1.09 bits per heavy atom. The fraction of sp³-hybridized carbons (Fsp3) is 0.278. The molecule has 0 saturated carbocycles. The Morgan fingerprint density at radius 3 is 2.32 bits per heavy atom. The van der Waals surface area contributed by atoms with Gasteiger partial charge in [0.05, 0.1) is 12.3 Å². The number of ether oxygens (including phenoxy) is 1. The molecule has 0 spiro atoms. The van der Waals surface area contributed by atoms with E-state index in [0.717, 1.165) is 29.2 Å². The highest BCUT2D eigenvalue weighted by molar-refractivity contribution is 6.05. The normalized spacial score (nSPS) is 10.3. The molecule has 2 aromatic rings. The first-order valence-electron chi connectivity index (χ1n) is 7.50. The Kier molecular flexibility index (Phi) is 5.55. The number of rotatable bonds is 6. The fourth-order valence-corrected chi connectivity index (χ4v) is 1.99. The molecule has 0 aromatic heterocycles. The van der Waals surface area contributed by atoms with E-state index in [0.29, 0.717) is 17.9 Å². The van der Waals surface area contributed by atoms with Crippen LogP contribution in [0.15, 0.2) is 48.5 Å². The van der Waals surface area contributed by atoms with E-state index in [1.54, 1.807) is 24.3 Å². The molecule has 22 heavy (non-hydrogen) atoms. The molecule has 0 fully saturated rings. The predicted molar refractivity (Wildman–Crippen MR) is 89.0 cm³/mol. The second-order valence-corrected chi connectivity index (χ2v) is 5.24. The maximum absolute atomic E-state index is 12.4. The van der Waals surface area contributed by atoms with Gasteiger partial charge in [0, 0.05) is 5.56 Å². The highest BCUT2D eigenvalue weighted by atomic mass is 16.5. The number of carbonyl (C=O) groups is 1. The van der Waals surface area contributed by atoms with Crippen LogP contribution in [0.4, 0.5) is 5.69 Å². The number of hydrogen-bond donors (Lipinski definition) is 1. The summed E-state index contributed by atoms with van der Waals surface area (Å²) in [5.41, 5.74) is 2.32. The molecule has 0 heterocycles. The number of anilines is 1. The van der Waals surface area contributed by atoms with Crippen molar-refractivity contribution in [3.63, 3.8) is 0 Å². The van der Waals surface area contributed by atoms with Crippen LogP contribution >= 0.6 is 0 Å². The van der Waals surface area contributed by atoms with Crippen LogP contribution in [0.25, 0.3) is 0 Å². The molecule has 0 aliphatic carbocycles. The number of nitrogens with two attached hydrogens (primary N) is 1. The lowest BCUT2D eigenvalue weighted by Crippen LogP contribution is -2.37. The molecule has 0 saturated heterocycles. The van der Waals surface area contributed by atoms with Crippen molar-refractivity contribution in [1.29, 1.82) is 0 Å². The minimum Gasteiger partial charge on any atom is -0.494 e. The Morgan fingerprint density at radius 2 is 1.73 bits per heavy atom. The summed E-state index contributed by atoms with van der Waals surface area (Å²) in [5, 5.41) is 1.16. The molecular formula is C18H22N2O2. The first-order valence-corrected chi connectivity index (χ1v) is 7.50. The summed E-state index contributed by atoms with van der Waals surface area (Å²) in [6.45, 7) is 4.80. The Hall–Kier alpha value is -2.33. The topological polar surface area (TPSA) is 55.6 Å². The summed E-state index contributed by atoms with van der Waals surface area (Å²) >= 11 is 0. The number of hydrogen-bond acceptors (Lipinski definition) is 3. The molecule has 0 radical (unpaired) electrons. The third-order valence-corrected chi connectivity index (χ3v) is 3.40. The van der Waals surface area contributed by atoms with Gasteiger partial charge in [-0.05, 0) is 49.7 Å². The lowest BCUT2D eigenvalue weighted by Gasteiger charge is -2.17. The SMILES string of the molecule is CCCCOc1ccc(C(=O)N(N)c2ccc(C)cc2)cc1. The number of nitrogens with zero attached hydrogens (tertiary/aromatic N) is 1. The zero-order chi connectivity index (χ0) is 15.9. The van der Waals surface area contributed by atoms with Gasteiger partial charge in [-0.3, -0.25) is 4.79 Å². The van der Waals surface area contributed by atoms with Gasteiger partial charge in [0.15, 0.2) is 0 Å². The molecule has 0 unspecified atom stereocenters. The van der Waals surface area contributed by atoms with Crippen LogP contribution in [0.2, 0.25) is 0 Å². The van der Waals surface area contributed by atoms with Crippen molar-refractivity contribution in [2.24, 2.45) is 5.84 Å². The summed E-state index contributed by atoms with van der Waals surface area (Å²) in [4.78, 5) is 12.4. The van der Waals surface area contributed by atoms with Crippen LogP contribution in [0, 0.1) is 6.92 Å². The molecule has 1 amide bonds. The van der Waals surface area contributed by atoms with Crippen LogP contribution in [-0.4, -0.2) is 12.5 Å². The highest BCUT2D eigenvalue weighted by Gasteiger charge is 2.14. The van der Waals surface area contributed by atoms with Gasteiger partial charge in [-0.25, -0.2) is 10.9 Å². The first kappa shape index (κ1) is 16.0. The zero-order valence-corrected chi connectivity index (χ0v) is 13.1. The smallest absolute Gasteiger partial charge is 0.272 e. The summed E-state index contributed by atoms with van der Waals surface area (Å²) in [6.07, 6.45) is 2.11. The zero-order valence-electron chi connectivity index (χ0n) is 13.1. The van der Waals surface area contributed by atoms with Crippen molar-refractivity contribution >= 4 is 11.6 Å². The molecule has 116 valence electrons. The van der Waals surface area contributed by atoms with Crippen molar-refractivity contribution in [3.05, 3.63) is 59.7 Å². The number of hydrazine groups is 1. The van der Waals surface area contributed by atoms with Crippen molar-refractivity contribution < 1.29 is 9.53 Å². The molecule has 0 bridgehead atoms. The molecule has 4 nitrogen and oxygen atoms in total. The highest BCUT2D eigenvalue weighted by Crippen LogP contribution is 2.17. The summed E-state index contributed by atoms with van der Waals surface area (Å²) in [7, 11) is 0. The third-order valence-electron chi connectivity index (χ3n) is 3.40. The van der Waals surface area contributed by atoms with Crippen LogP contribution in [-0.2, 0) is 0 Å². The molecule has 2 rings (SSSR count). The largest absolute Gasteiger partial charge is 0.494 e. The van der Waals surface area contributed by atoms with Crippen molar-refractivity contribution in [2.75, 3.05) is 11.6 Å². The van der Waals surface area contributed by atoms with Crippen molar-refractivity contribution in [3.8, 4) is 5.75 Å². The molecule has 2 N–H and O–H groups in total. The quantitative estimate of drug-likeness (QED) is 0.383. The summed E-state index contributed by atoms with van der Waals surface area (Å²) in [5.74, 6) is 6.43. The molecule has 4 heteroatoms. The third kappa shape index (κ3) is 4.09. The van der Waals surface area contributed by atoms with Gasteiger partial charge in [0.25, 0.3) is 5.91 Å². The Bertz CT molecular complexity index is 606. The average Bonchev–Trinajstić information content (AvgIpc) is 2.55. The number of benzene rings is 2. The van der Waals surface area contributed by atoms with Gasteiger partial charge < -0.3 is 4.74 Å². The van der Waals surface area contributed by atoms with Crippen LogP contribution in [0.1, 0.15) is 35.7 Å². The monoisotopic (exact) mass is 298 g/mol. The van der Waals surface area contributed by atoms with E-state index in [-0.39, 0.29) is 5.91 Å². The number of unbranched alkanes of at least 4 members (excludes halogenated alkanes) is 1. The van der Waals surface area contributed by atoms with Gasteiger partial charge in [-0.2, -0.15) is 0 Å². The van der Waals surface area contributed by atoms with Crippen LogP contribution in [0.3, 0.4) is 0 Å². The van der Waals surface area contributed by atoms with Crippen LogP contribution < -0.4 is 15.6 Å². The fourth-order valence-electron chi connectivity index (χ4n) is 1.99. The second-order valence-electron chi connectivity index (χ2n) is 5.24. The first-order chi connectivity index (χ1) is 10.6. The lowest BCUT2D eigenvalue weighted by atomic mass is 10.1. The lowest BCUT2D eigenvalue weighted by molar-refractivity contribution is 0.0987. The summed E-state index contributed by atoms with van der Waals surface area (Å²) < 4.78 is 5.58. The molecule has 0 aliphatic heterocycles. The maximum Gasteiger partial charge on any atom is 0.272 e. The predicted octanol–water partition coefficient (Wildman–Crippen LogP) is 3.69. The van der Waals surface area contributed by atoms with Crippen molar-refractivity contribution in [2.45, 2.75) is 26.7 Å². The van der Waals surface area contributed by atoms with E-state index in [1.807, 2.05) is 31.2 Å². The van der Waals surface area contributed by atoms with Gasteiger partial charge >= 0.3 is 0 Å². The number of carbonyl (C=O) groups excluding carboxylic acids is 1. The van der Waals surface area contributed by atoms with E-state index < -0.39 is 0 Å². The van der Waals surface area contributed by atoms with E-state index >= 15 is 0 Å². The van der Waals surface area contributed by atoms with Gasteiger partial charge in [0.1, 0.15) is 5.75 Å². The van der Waals surface area contributed by atoms with Gasteiger partial charge in [0.2, 0.25) is 0 Å². The Balaban J connectivity index is 2.04. The van der Waals surface area contributed by atoms with E-state index in [9.17, 15) is 4.79 Å². The standard InChI is InChI=1S/C18H22N2O2/c1-3-4-13-22-17-11-7-15(8-12-17)18(21)20(19)16-9-5-14(2)6-10-16/h5-12H,3-4,13,19H2,1-2H3. The number of amides is 1. The van der Waals surface area contributed by atoms with Crippen LogP contribution in [0.5, 0.6) is 5.75 Å². The minimum absolute atomic E-state index is 0.246. The number of aryl methyl sites for hydroxylation is 1. The van der Waals surface area contributed by atoms with Gasteiger partial charge in [-0.1, -0.05) is 31.0 Å².